The number of rotatable bonds is 4. The molecule has 1 aromatic carbocycles. The number of hydrogen-bond donors (Lipinski definition) is 2. The first-order valence-electron chi connectivity index (χ1n) is 9.98. The largest absolute Gasteiger partial charge is 0.337 e. The van der Waals surface area contributed by atoms with E-state index in [0.29, 0.717) is 29.9 Å². The summed E-state index contributed by atoms with van der Waals surface area (Å²) in [4.78, 5) is 31.3. The van der Waals surface area contributed by atoms with E-state index in [1.54, 1.807) is 30.3 Å². The second-order valence-corrected chi connectivity index (χ2v) is 8.81. The lowest BCUT2D eigenvalue weighted by Gasteiger charge is -2.14. The average Bonchev–Trinajstić information content (AvgIpc) is 2.99. The molecule has 1 unspecified atom stereocenters. The van der Waals surface area contributed by atoms with Crippen LogP contribution >= 0.6 is 11.3 Å². The number of fused-ring (bicyclic) bond motifs is 2. The molecule has 0 fully saturated rings. The molecule has 0 saturated heterocycles. The minimum atomic E-state index is -0.547. The van der Waals surface area contributed by atoms with Gasteiger partial charge in [0.15, 0.2) is 0 Å². The van der Waals surface area contributed by atoms with Crippen LogP contribution in [0.15, 0.2) is 36.5 Å². The van der Waals surface area contributed by atoms with Gasteiger partial charge in [-0.15, -0.1) is 11.3 Å². The Hall–Kier alpha value is -3.10. The number of nitrogens with one attached hydrogen (secondary N) is 1. The monoisotopic (exact) mass is 438 g/mol. The summed E-state index contributed by atoms with van der Waals surface area (Å²) in [5.41, 5.74) is 8.47. The summed E-state index contributed by atoms with van der Waals surface area (Å²) >= 11 is 1.38. The van der Waals surface area contributed by atoms with Gasteiger partial charge in [-0.05, 0) is 60.1 Å². The Morgan fingerprint density at radius 2 is 2.26 bits per heavy atom. The molecule has 2 aromatic heterocycles. The Balaban J connectivity index is 1.47. The number of benzene rings is 1. The van der Waals surface area contributed by atoms with E-state index in [4.69, 9.17) is 5.73 Å². The summed E-state index contributed by atoms with van der Waals surface area (Å²) in [6.07, 6.45) is 5.99. The van der Waals surface area contributed by atoms with Gasteiger partial charge in [0, 0.05) is 24.2 Å². The number of carbonyl (C=O) groups excluding carboxylic acids is 2. The summed E-state index contributed by atoms with van der Waals surface area (Å²) in [7, 11) is 1.72. The third kappa shape index (κ3) is 4.35. The Morgan fingerprint density at radius 3 is 3.03 bits per heavy atom. The van der Waals surface area contributed by atoms with Crippen LogP contribution in [-0.2, 0) is 22.6 Å². The zero-order chi connectivity index (χ0) is 22.1. The molecule has 1 atom stereocenters. The molecule has 0 radical (unpaired) electrons. The highest BCUT2D eigenvalue weighted by atomic mass is 32.1. The molecule has 3 aromatic rings. The van der Waals surface area contributed by atoms with Crippen LogP contribution in [0.1, 0.15) is 28.0 Å². The van der Waals surface area contributed by atoms with Crippen LogP contribution < -0.4 is 11.1 Å². The van der Waals surface area contributed by atoms with Crippen molar-refractivity contribution in [1.82, 2.24) is 9.88 Å². The summed E-state index contributed by atoms with van der Waals surface area (Å²) in [5, 5.41) is 3.62. The third-order valence-electron chi connectivity index (χ3n) is 5.48. The molecule has 160 valence electrons. The quantitative estimate of drug-likeness (QED) is 0.609. The van der Waals surface area contributed by atoms with Gasteiger partial charge in [-0.1, -0.05) is 12.1 Å². The average molecular weight is 439 g/mol. The van der Waals surface area contributed by atoms with Crippen molar-refractivity contribution in [3.05, 3.63) is 63.9 Å². The standard InChI is InChI=1S/C23H23FN4O2S/c1-13-16-4-3-5-17(24)21(16)31-19(13)12-28(2)20(29)9-6-14-10-15-7-8-18(25)23(30)27-22(15)26-11-14/h3-6,9-11,18H,7-8,12,25H2,1-2H3,(H,26,27,30). The molecular formula is C23H23FN4O2S. The van der Waals surface area contributed by atoms with E-state index < -0.39 is 6.04 Å². The molecule has 1 aliphatic heterocycles. The van der Waals surface area contributed by atoms with Gasteiger partial charge in [0.2, 0.25) is 11.8 Å². The van der Waals surface area contributed by atoms with Gasteiger partial charge >= 0.3 is 0 Å². The van der Waals surface area contributed by atoms with E-state index in [1.165, 1.54) is 23.5 Å². The highest BCUT2D eigenvalue weighted by Crippen LogP contribution is 2.33. The first kappa shape index (κ1) is 21.1. The molecule has 3 N–H and O–H groups in total. The first-order valence-corrected chi connectivity index (χ1v) is 10.8. The lowest BCUT2D eigenvalue weighted by molar-refractivity contribution is -0.125. The number of likely N-dealkylation sites (N-methyl/N-ethyl adjacent to an activating group) is 1. The molecule has 4 rings (SSSR count). The van der Waals surface area contributed by atoms with Crippen molar-refractivity contribution in [3.8, 4) is 0 Å². The molecule has 8 heteroatoms. The van der Waals surface area contributed by atoms with E-state index in [2.05, 4.69) is 10.3 Å². The number of halogens is 1. The molecule has 0 aliphatic carbocycles. The van der Waals surface area contributed by atoms with Gasteiger partial charge in [0.25, 0.3) is 0 Å². The van der Waals surface area contributed by atoms with E-state index in [-0.39, 0.29) is 17.6 Å². The zero-order valence-corrected chi connectivity index (χ0v) is 18.1. The molecular weight excluding hydrogens is 415 g/mol. The van der Waals surface area contributed by atoms with Crippen LogP contribution in [0.25, 0.3) is 16.2 Å². The second kappa shape index (κ2) is 8.56. The van der Waals surface area contributed by atoms with Crippen LogP contribution in [-0.4, -0.2) is 34.8 Å². The summed E-state index contributed by atoms with van der Waals surface area (Å²) < 4.78 is 14.7. The number of carbonyl (C=O) groups is 2. The lowest BCUT2D eigenvalue weighted by Crippen LogP contribution is -2.34. The minimum Gasteiger partial charge on any atom is -0.337 e. The number of nitrogens with zero attached hydrogens (tertiary/aromatic N) is 2. The van der Waals surface area contributed by atoms with Crippen LogP contribution in [0.5, 0.6) is 0 Å². The topological polar surface area (TPSA) is 88.3 Å². The number of amides is 2. The lowest BCUT2D eigenvalue weighted by atomic mass is 10.1. The normalized spacial score (nSPS) is 16.3. The molecule has 31 heavy (non-hydrogen) atoms. The summed E-state index contributed by atoms with van der Waals surface area (Å²) in [6.45, 7) is 2.36. The number of pyridine rings is 1. The van der Waals surface area contributed by atoms with E-state index in [1.807, 2.05) is 19.1 Å². The molecule has 3 heterocycles. The second-order valence-electron chi connectivity index (χ2n) is 7.71. The predicted octanol–water partition coefficient (Wildman–Crippen LogP) is 3.63. The fourth-order valence-electron chi connectivity index (χ4n) is 3.57. The number of aromatic nitrogens is 1. The van der Waals surface area contributed by atoms with E-state index in [0.717, 1.165) is 27.0 Å². The number of thiophene rings is 1. The van der Waals surface area contributed by atoms with Gasteiger partial charge < -0.3 is 16.0 Å². The summed E-state index contributed by atoms with van der Waals surface area (Å²) in [5.74, 6) is -0.116. The molecule has 6 nitrogen and oxygen atoms in total. The Labute approximate surface area is 183 Å². The SMILES string of the molecule is Cc1c(CN(C)C(=O)C=Cc2cnc3c(c2)CCC(N)C(=O)N3)sc2c(F)cccc12. The van der Waals surface area contributed by atoms with Crippen molar-refractivity contribution in [2.75, 3.05) is 12.4 Å². The summed E-state index contributed by atoms with van der Waals surface area (Å²) in [6, 6.07) is 6.41. The van der Waals surface area contributed by atoms with E-state index >= 15 is 0 Å². The van der Waals surface area contributed by atoms with Gasteiger partial charge in [0.1, 0.15) is 11.6 Å². The Kier molecular flexibility index (Phi) is 5.84. The number of anilines is 1. The maximum absolute atomic E-state index is 14.1. The molecule has 2 amide bonds. The smallest absolute Gasteiger partial charge is 0.246 e. The molecule has 1 aliphatic rings. The van der Waals surface area contributed by atoms with Gasteiger partial charge in [-0.2, -0.15) is 0 Å². The highest BCUT2D eigenvalue weighted by molar-refractivity contribution is 7.19. The first-order chi connectivity index (χ1) is 14.8. The third-order valence-corrected chi connectivity index (χ3v) is 6.78. The van der Waals surface area contributed by atoms with Crippen LogP contribution in [0.3, 0.4) is 0 Å². The van der Waals surface area contributed by atoms with E-state index in [9.17, 15) is 14.0 Å². The number of nitrogens with two attached hydrogens (primary N) is 1. The fraction of sp³-hybridized carbons (Fsp3) is 0.261. The van der Waals surface area contributed by atoms with Crippen molar-refractivity contribution in [2.24, 2.45) is 5.73 Å². The van der Waals surface area contributed by atoms with Crippen molar-refractivity contribution in [3.63, 3.8) is 0 Å². The molecule has 0 saturated carbocycles. The van der Waals surface area contributed by atoms with Gasteiger partial charge in [0.05, 0.1) is 17.3 Å². The zero-order valence-electron chi connectivity index (χ0n) is 17.3. The van der Waals surface area contributed by atoms with Crippen LogP contribution in [0.4, 0.5) is 10.2 Å². The van der Waals surface area contributed by atoms with Gasteiger partial charge in [-0.25, -0.2) is 9.37 Å². The predicted molar refractivity (Wildman–Crippen MR) is 121 cm³/mol. The number of aryl methyl sites for hydroxylation is 2. The fourth-order valence-corrected chi connectivity index (χ4v) is 4.84. The molecule has 0 spiro atoms. The van der Waals surface area contributed by atoms with Crippen LogP contribution in [0.2, 0.25) is 0 Å². The van der Waals surface area contributed by atoms with Gasteiger partial charge in [-0.3, -0.25) is 9.59 Å². The number of hydrogen-bond acceptors (Lipinski definition) is 5. The maximum Gasteiger partial charge on any atom is 0.246 e. The van der Waals surface area contributed by atoms with Crippen molar-refractivity contribution in [2.45, 2.75) is 32.4 Å². The van der Waals surface area contributed by atoms with Crippen LogP contribution in [0, 0.1) is 12.7 Å². The Morgan fingerprint density at radius 1 is 1.45 bits per heavy atom. The maximum atomic E-state index is 14.1. The van der Waals surface area contributed by atoms with Crippen molar-refractivity contribution >= 4 is 45.1 Å². The van der Waals surface area contributed by atoms with Crippen molar-refractivity contribution in [1.29, 1.82) is 0 Å². The van der Waals surface area contributed by atoms with Crippen molar-refractivity contribution < 1.29 is 14.0 Å². The highest BCUT2D eigenvalue weighted by Gasteiger charge is 2.21. The Bertz CT molecular complexity index is 1200. The minimum absolute atomic E-state index is 0.164. The molecule has 0 bridgehead atoms.